The molecule has 2 atom stereocenters. The Balaban J connectivity index is 1.62. The van der Waals surface area contributed by atoms with Gasteiger partial charge in [0.15, 0.2) is 0 Å². The number of fused-ring (bicyclic) bond motifs is 1. The van der Waals surface area contributed by atoms with Crippen molar-refractivity contribution >= 4 is 28.5 Å². The number of nitrogens with zero attached hydrogens (tertiary/aromatic N) is 1. The summed E-state index contributed by atoms with van der Waals surface area (Å²) >= 11 is 2.23. The van der Waals surface area contributed by atoms with E-state index in [9.17, 15) is 4.79 Å². The van der Waals surface area contributed by atoms with Crippen LogP contribution in [0.2, 0.25) is 0 Å². The molecule has 1 amide bonds. The molecule has 1 N–H and O–H groups in total. The van der Waals surface area contributed by atoms with Crippen molar-refractivity contribution in [2.75, 3.05) is 13.1 Å². The molecule has 0 aromatic heterocycles. The second-order valence-corrected chi connectivity index (χ2v) is 6.67. The first kappa shape index (κ1) is 13.4. The number of benzene rings is 1. The lowest BCUT2D eigenvalue weighted by molar-refractivity contribution is 0.0895. The molecule has 3 nitrogen and oxygen atoms in total. The summed E-state index contributed by atoms with van der Waals surface area (Å²) in [5.74, 6) is 0.0847. The van der Waals surface area contributed by atoms with E-state index in [0.717, 1.165) is 28.5 Å². The van der Waals surface area contributed by atoms with E-state index in [4.69, 9.17) is 0 Å². The molecule has 0 saturated carbocycles. The summed E-state index contributed by atoms with van der Waals surface area (Å²) < 4.78 is 1.02. The van der Waals surface area contributed by atoms with E-state index in [1.807, 2.05) is 24.3 Å². The number of hydrogen-bond donors (Lipinski definition) is 1. The predicted molar refractivity (Wildman–Crippen MR) is 84.2 cm³/mol. The molecule has 3 rings (SSSR count). The average molecular weight is 370 g/mol. The number of rotatable bonds is 2. The summed E-state index contributed by atoms with van der Waals surface area (Å²) in [6.45, 7) is 2.39. The molecule has 0 spiro atoms. The van der Waals surface area contributed by atoms with Crippen molar-refractivity contribution in [1.82, 2.24) is 10.2 Å². The molecular formula is C15H19IN2O. The minimum Gasteiger partial charge on any atom is -0.349 e. The van der Waals surface area contributed by atoms with Crippen LogP contribution in [-0.4, -0.2) is 36.0 Å². The van der Waals surface area contributed by atoms with Crippen LogP contribution in [0.5, 0.6) is 0 Å². The number of nitrogens with one attached hydrogen (secondary N) is 1. The van der Waals surface area contributed by atoms with Crippen molar-refractivity contribution in [3.8, 4) is 0 Å². The molecule has 1 aromatic carbocycles. The van der Waals surface area contributed by atoms with E-state index in [1.54, 1.807) is 0 Å². The van der Waals surface area contributed by atoms with Gasteiger partial charge in [-0.1, -0.05) is 12.1 Å². The van der Waals surface area contributed by atoms with Crippen LogP contribution in [0.4, 0.5) is 0 Å². The number of hydrogen-bond acceptors (Lipinski definition) is 2. The van der Waals surface area contributed by atoms with Crippen molar-refractivity contribution in [2.24, 2.45) is 0 Å². The molecule has 2 aliphatic rings. The van der Waals surface area contributed by atoms with E-state index in [-0.39, 0.29) is 5.91 Å². The molecule has 0 bridgehead atoms. The lowest BCUT2D eigenvalue weighted by atomic mass is 9.97. The van der Waals surface area contributed by atoms with Crippen LogP contribution in [0, 0.1) is 3.57 Å². The first-order valence-electron chi connectivity index (χ1n) is 7.03. The maximum atomic E-state index is 12.3. The summed E-state index contributed by atoms with van der Waals surface area (Å²) in [6.07, 6.45) is 4.83. The fourth-order valence-electron chi connectivity index (χ4n) is 3.26. The van der Waals surface area contributed by atoms with Crippen LogP contribution in [0.3, 0.4) is 0 Å². The molecule has 2 fully saturated rings. The highest BCUT2D eigenvalue weighted by Crippen LogP contribution is 2.27. The summed E-state index contributed by atoms with van der Waals surface area (Å²) in [6, 6.07) is 8.83. The number of carbonyl (C=O) groups is 1. The van der Waals surface area contributed by atoms with Gasteiger partial charge >= 0.3 is 0 Å². The van der Waals surface area contributed by atoms with Crippen molar-refractivity contribution in [2.45, 2.75) is 37.8 Å². The van der Waals surface area contributed by atoms with Gasteiger partial charge < -0.3 is 10.2 Å². The standard InChI is InChI=1S/C15H19IN2O/c16-14-6-2-1-5-13(14)15(19)17-11-7-9-18-8-3-4-12(18)10-11/h1-2,5-6,11-12H,3-4,7-10H2,(H,17,19). The van der Waals surface area contributed by atoms with Gasteiger partial charge in [-0.05, 0) is 67.0 Å². The third-order valence-corrected chi connectivity index (χ3v) is 5.21. The Labute approximate surface area is 127 Å². The monoisotopic (exact) mass is 370 g/mol. The van der Waals surface area contributed by atoms with E-state index in [1.165, 1.54) is 19.4 Å². The summed E-state index contributed by atoms with van der Waals surface area (Å²) in [4.78, 5) is 14.9. The zero-order valence-corrected chi connectivity index (χ0v) is 13.1. The van der Waals surface area contributed by atoms with Crippen molar-refractivity contribution in [3.05, 3.63) is 33.4 Å². The van der Waals surface area contributed by atoms with Gasteiger partial charge in [0.05, 0.1) is 5.56 Å². The smallest absolute Gasteiger partial charge is 0.252 e. The Bertz CT molecular complexity index is 477. The zero-order valence-electron chi connectivity index (χ0n) is 10.9. The van der Waals surface area contributed by atoms with Gasteiger partial charge in [-0.15, -0.1) is 0 Å². The van der Waals surface area contributed by atoms with Crippen LogP contribution in [0.1, 0.15) is 36.0 Å². The van der Waals surface area contributed by atoms with Crippen molar-refractivity contribution in [3.63, 3.8) is 0 Å². The molecule has 0 aliphatic carbocycles. The quantitative estimate of drug-likeness (QED) is 0.812. The van der Waals surface area contributed by atoms with Gasteiger partial charge in [-0.25, -0.2) is 0 Å². The Kier molecular flexibility index (Phi) is 4.07. The maximum absolute atomic E-state index is 12.3. The lowest BCUT2D eigenvalue weighted by Gasteiger charge is -2.35. The lowest BCUT2D eigenvalue weighted by Crippen LogP contribution is -2.47. The van der Waals surface area contributed by atoms with E-state index >= 15 is 0 Å². The number of carbonyl (C=O) groups excluding carboxylic acids is 1. The molecule has 19 heavy (non-hydrogen) atoms. The third-order valence-electron chi connectivity index (χ3n) is 4.27. The van der Waals surface area contributed by atoms with Gasteiger partial charge in [-0.2, -0.15) is 0 Å². The molecule has 4 heteroatoms. The highest BCUT2D eigenvalue weighted by atomic mass is 127. The topological polar surface area (TPSA) is 32.3 Å². The molecule has 2 aliphatic heterocycles. The van der Waals surface area contributed by atoms with Crippen molar-refractivity contribution in [1.29, 1.82) is 0 Å². The SMILES string of the molecule is O=C(NC1CCN2CCCC2C1)c1ccccc1I. The highest BCUT2D eigenvalue weighted by molar-refractivity contribution is 14.1. The number of piperidine rings is 1. The Morgan fingerprint density at radius 1 is 1.26 bits per heavy atom. The van der Waals surface area contributed by atoms with Gasteiger partial charge in [0.2, 0.25) is 0 Å². The van der Waals surface area contributed by atoms with Gasteiger partial charge in [0.1, 0.15) is 0 Å². The summed E-state index contributed by atoms with van der Waals surface area (Å²) in [5.41, 5.74) is 0.803. The van der Waals surface area contributed by atoms with Crippen LogP contribution >= 0.6 is 22.6 Å². The predicted octanol–water partition coefficient (Wildman–Crippen LogP) is 2.65. The summed E-state index contributed by atoms with van der Waals surface area (Å²) in [5, 5.41) is 3.22. The Hall–Kier alpha value is -0.620. The van der Waals surface area contributed by atoms with Crippen LogP contribution in [-0.2, 0) is 0 Å². The minimum atomic E-state index is 0.0847. The van der Waals surface area contributed by atoms with E-state index in [2.05, 4.69) is 32.8 Å². The Morgan fingerprint density at radius 3 is 2.95 bits per heavy atom. The first-order valence-corrected chi connectivity index (χ1v) is 8.11. The van der Waals surface area contributed by atoms with Gasteiger partial charge in [0, 0.05) is 22.2 Å². The van der Waals surface area contributed by atoms with Crippen LogP contribution < -0.4 is 5.32 Å². The second-order valence-electron chi connectivity index (χ2n) is 5.51. The molecule has 102 valence electrons. The van der Waals surface area contributed by atoms with E-state index in [0.29, 0.717) is 12.1 Å². The first-order chi connectivity index (χ1) is 9.24. The number of halogens is 1. The normalized spacial score (nSPS) is 27.0. The maximum Gasteiger partial charge on any atom is 0.252 e. The molecular weight excluding hydrogens is 351 g/mol. The fraction of sp³-hybridized carbons (Fsp3) is 0.533. The largest absolute Gasteiger partial charge is 0.349 e. The average Bonchev–Trinajstić information content (AvgIpc) is 2.86. The Morgan fingerprint density at radius 2 is 2.11 bits per heavy atom. The third kappa shape index (κ3) is 2.94. The van der Waals surface area contributed by atoms with Gasteiger partial charge in [-0.3, -0.25) is 4.79 Å². The van der Waals surface area contributed by atoms with Crippen LogP contribution in [0.15, 0.2) is 24.3 Å². The minimum absolute atomic E-state index is 0.0847. The highest BCUT2D eigenvalue weighted by Gasteiger charge is 2.32. The molecule has 2 saturated heterocycles. The zero-order chi connectivity index (χ0) is 13.2. The van der Waals surface area contributed by atoms with E-state index < -0.39 is 0 Å². The molecule has 1 aromatic rings. The molecule has 2 heterocycles. The van der Waals surface area contributed by atoms with Crippen molar-refractivity contribution < 1.29 is 4.79 Å². The molecule has 2 unspecified atom stereocenters. The number of amides is 1. The van der Waals surface area contributed by atoms with Gasteiger partial charge in [0.25, 0.3) is 5.91 Å². The molecule has 0 radical (unpaired) electrons. The second kappa shape index (κ2) is 5.79. The fourth-order valence-corrected chi connectivity index (χ4v) is 3.90. The summed E-state index contributed by atoms with van der Waals surface area (Å²) in [7, 11) is 0. The van der Waals surface area contributed by atoms with Crippen LogP contribution in [0.25, 0.3) is 0 Å².